The van der Waals surface area contributed by atoms with Crippen LogP contribution in [0.25, 0.3) is 0 Å². The van der Waals surface area contributed by atoms with E-state index in [-0.39, 0.29) is 0 Å². The van der Waals surface area contributed by atoms with E-state index < -0.39 is 6.10 Å². The predicted molar refractivity (Wildman–Crippen MR) is 61.4 cm³/mol. The van der Waals surface area contributed by atoms with Gasteiger partial charge in [-0.15, -0.1) is 0 Å². The number of hydrogen-bond acceptors (Lipinski definition) is 3. The van der Waals surface area contributed by atoms with Crippen molar-refractivity contribution in [2.45, 2.75) is 70.3 Å². The van der Waals surface area contributed by atoms with Gasteiger partial charge in [0, 0.05) is 0 Å². The first-order valence-electron chi connectivity index (χ1n) is 6.23. The van der Waals surface area contributed by atoms with Crippen LogP contribution in [0.15, 0.2) is 5.16 Å². The van der Waals surface area contributed by atoms with Crippen LogP contribution in [-0.4, -0.2) is 22.1 Å². The van der Waals surface area contributed by atoms with Gasteiger partial charge < -0.3 is 10.3 Å². The van der Waals surface area contributed by atoms with Gasteiger partial charge in [0.2, 0.25) is 0 Å². The molecule has 0 spiro atoms. The quantitative estimate of drug-likeness (QED) is 0.480. The Morgan fingerprint density at radius 3 is 2.00 bits per heavy atom. The Balaban J connectivity index is 2.38. The third-order valence-electron chi connectivity index (χ3n) is 3.17. The lowest BCUT2D eigenvalue weighted by atomic mass is 9.98. The summed E-state index contributed by atoms with van der Waals surface area (Å²) >= 11 is 0. The molecular weight excluding hydrogens is 190 g/mol. The molecule has 1 fully saturated rings. The Bertz CT molecular complexity index is 192. The second kappa shape index (κ2) is 7.69. The van der Waals surface area contributed by atoms with E-state index in [1.165, 1.54) is 38.5 Å². The number of nitrogens with zero attached hydrogens (tertiary/aromatic N) is 1. The van der Waals surface area contributed by atoms with Gasteiger partial charge in [-0.1, -0.05) is 50.1 Å². The largest absolute Gasteiger partial charge is 0.411 e. The van der Waals surface area contributed by atoms with E-state index in [9.17, 15) is 5.11 Å². The first-order valence-corrected chi connectivity index (χ1v) is 6.23. The first kappa shape index (κ1) is 12.5. The monoisotopic (exact) mass is 213 g/mol. The molecule has 1 atom stereocenters. The summed E-state index contributed by atoms with van der Waals surface area (Å²) in [7, 11) is 0. The minimum atomic E-state index is -0.519. The van der Waals surface area contributed by atoms with Crippen LogP contribution in [0.5, 0.6) is 0 Å². The Hall–Kier alpha value is -0.570. The SMILES string of the molecule is O/N=C1\CCCCCCCCCCC1O. The van der Waals surface area contributed by atoms with Crippen LogP contribution in [0.2, 0.25) is 0 Å². The predicted octanol–water partition coefficient (Wildman–Crippen LogP) is 3.09. The van der Waals surface area contributed by atoms with E-state index in [1.807, 2.05) is 0 Å². The lowest BCUT2D eigenvalue weighted by Gasteiger charge is -2.13. The summed E-state index contributed by atoms with van der Waals surface area (Å²) < 4.78 is 0. The van der Waals surface area contributed by atoms with Crippen molar-refractivity contribution in [3.63, 3.8) is 0 Å². The summed E-state index contributed by atoms with van der Waals surface area (Å²) in [5.74, 6) is 0. The molecule has 0 bridgehead atoms. The van der Waals surface area contributed by atoms with Crippen LogP contribution in [0, 0.1) is 0 Å². The second-order valence-electron chi connectivity index (χ2n) is 4.47. The minimum Gasteiger partial charge on any atom is -0.411 e. The molecule has 1 saturated carbocycles. The van der Waals surface area contributed by atoms with Crippen LogP contribution in [-0.2, 0) is 0 Å². The van der Waals surface area contributed by atoms with E-state index in [2.05, 4.69) is 5.16 Å². The molecule has 0 heterocycles. The number of rotatable bonds is 0. The average molecular weight is 213 g/mol. The maximum atomic E-state index is 9.76. The lowest BCUT2D eigenvalue weighted by molar-refractivity contribution is 0.212. The van der Waals surface area contributed by atoms with Gasteiger partial charge in [0.05, 0.1) is 11.8 Å². The molecule has 3 nitrogen and oxygen atoms in total. The highest BCUT2D eigenvalue weighted by molar-refractivity contribution is 5.87. The molecule has 15 heavy (non-hydrogen) atoms. The van der Waals surface area contributed by atoms with Gasteiger partial charge in [-0.05, 0) is 19.3 Å². The highest BCUT2D eigenvalue weighted by Crippen LogP contribution is 2.15. The topological polar surface area (TPSA) is 52.8 Å². The van der Waals surface area contributed by atoms with Crippen molar-refractivity contribution >= 4 is 5.71 Å². The molecule has 0 saturated heterocycles. The Morgan fingerprint density at radius 1 is 0.867 bits per heavy atom. The standard InChI is InChI=1S/C12H23NO2/c14-12-10-8-6-4-2-1-3-5-7-9-11(12)13-15/h12,14-15H,1-10H2/b13-11+. The highest BCUT2D eigenvalue weighted by atomic mass is 16.4. The zero-order valence-electron chi connectivity index (χ0n) is 9.49. The fourth-order valence-electron chi connectivity index (χ4n) is 2.15. The van der Waals surface area contributed by atoms with Crippen molar-refractivity contribution in [2.24, 2.45) is 5.16 Å². The van der Waals surface area contributed by atoms with Gasteiger partial charge in [-0.3, -0.25) is 0 Å². The van der Waals surface area contributed by atoms with Crippen molar-refractivity contribution in [2.75, 3.05) is 0 Å². The van der Waals surface area contributed by atoms with Crippen LogP contribution >= 0.6 is 0 Å². The van der Waals surface area contributed by atoms with Crippen molar-refractivity contribution in [3.05, 3.63) is 0 Å². The van der Waals surface area contributed by atoms with E-state index in [0.717, 1.165) is 25.7 Å². The molecule has 0 aromatic heterocycles. The van der Waals surface area contributed by atoms with Crippen LogP contribution in [0.4, 0.5) is 0 Å². The molecular formula is C12H23NO2. The minimum absolute atomic E-state index is 0.519. The van der Waals surface area contributed by atoms with Crippen molar-refractivity contribution in [1.82, 2.24) is 0 Å². The summed E-state index contributed by atoms with van der Waals surface area (Å²) in [6.07, 6.45) is 10.6. The molecule has 1 aliphatic rings. The van der Waals surface area contributed by atoms with Crippen molar-refractivity contribution in [3.8, 4) is 0 Å². The zero-order valence-corrected chi connectivity index (χ0v) is 9.49. The summed E-state index contributed by atoms with van der Waals surface area (Å²) in [5.41, 5.74) is 0.579. The summed E-state index contributed by atoms with van der Waals surface area (Å²) in [6.45, 7) is 0. The molecule has 1 aliphatic carbocycles. The van der Waals surface area contributed by atoms with Gasteiger partial charge >= 0.3 is 0 Å². The zero-order chi connectivity index (χ0) is 10.9. The highest BCUT2D eigenvalue weighted by Gasteiger charge is 2.13. The van der Waals surface area contributed by atoms with Crippen LogP contribution in [0.1, 0.15) is 64.2 Å². The smallest absolute Gasteiger partial charge is 0.0954 e. The Morgan fingerprint density at radius 2 is 1.40 bits per heavy atom. The summed E-state index contributed by atoms with van der Waals surface area (Å²) in [5, 5.41) is 21.8. The van der Waals surface area contributed by atoms with Gasteiger partial charge in [0.15, 0.2) is 0 Å². The maximum Gasteiger partial charge on any atom is 0.0954 e. The molecule has 88 valence electrons. The third-order valence-corrected chi connectivity index (χ3v) is 3.17. The maximum absolute atomic E-state index is 9.76. The van der Waals surface area contributed by atoms with E-state index in [4.69, 9.17) is 5.21 Å². The van der Waals surface area contributed by atoms with Gasteiger partial charge in [0.25, 0.3) is 0 Å². The first-order chi connectivity index (χ1) is 7.34. The third kappa shape index (κ3) is 5.17. The molecule has 0 amide bonds. The average Bonchev–Trinajstić information content (AvgIpc) is 2.23. The lowest BCUT2D eigenvalue weighted by Crippen LogP contribution is -2.20. The molecule has 3 heteroatoms. The number of aliphatic hydroxyl groups excluding tert-OH is 1. The van der Waals surface area contributed by atoms with Crippen molar-refractivity contribution in [1.29, 1.82) is 0 Å². The second-order valence-corrected chi connectivity index (χ2v) is 4.47. The molecule has 2 N–H and O–H groups in total. The number of hydrogen-bond donors (Lipinski definition) is 2. The molecule has 1 unspecified atom stereocenters. The fraction of sp³-hybridized carbons (Fsp3) is 0.917. The number of oxime groups is 1. The van der Waals surface area contributed by atoms with E-state index >= 15 is 0 Å². The molecule has 0 aromatic carbocycles. The van der Waals surface area contributed by atoms with E-state index in [1.54, 1.807) is 0 Å². The number of aliphatic hydroxyl groups is 1. The van der Waals surface area contributed by atoms with Gasteiger partial charge in [0.1, 0.15) is 0 Å². The van der Waals surface area contributed by atoms with E-state index in [0.29, 0.717) is 5.71 Å². The molecule has 1 rings (SSSR count). The van der Waals surface area contributed by atoms with Crippen LogP contribution in [0.3, 0.4) is 0 Å². The van der Waals surface area contributed by atoms with Gasteiger partial charge in [-0.25, -0.2) is 0 Å². The summed E-state index contributed by atoms with van der Waals surface area (Å²) in [6, 6.07) is 0. The molecule has 0 aromatic rings. The molecule has 0 radical (unpaired) electrons. The van der Waals surface area contributed by atoms with Crippen molar-refractivity contribution < 1.29 is 10.3 Å². The molecule has 0 aliphatic heterocycles. The fourth-order valence-corrected chi connectivity index (χ4v) is 2.15. The van der Waals surface area contributed by atoms with Crippen LogP contribution < -0.4 is 0 Å². The summed E-state index contributed by atoms with van der Waals surface area (Å²) in [4.78, 5) is 0. The normalized spacial score (nSPS) is 29.4. The Labute approximate surface area is 92.2 Å². The Kier molecular flexibility index (Phi) is 6.41. The van der Waals surface area contributed by atoms with Gasteiger partial charge in [-0.2, -0.15) is 0 Å².